The van der Waals surface area contributed by atoms with Crippen molar-refractivity contribution in [3.63, 3.8) is 0 Å². The van der Waals surface area contributed by atoms with Gasteiger partial charge in [0.15, 0.2) is 0 Å². The Kier molecular flexibility index (Phi) is 3.48. The number of aromatic amines is 1. The predicted molar refractivity (Wildman–Crippen MR) is 80.2 cm³/mol. The van der Waals surface area contributed by atoms with E-state index in [2.05, 4.69) is 15.3 Å². The average molecular weight is 340 g/mol. The van der Waals surface area contributed by atoms with Crippen LogP contribution in [0, 0.1) is 4.77 Å². The lowest BCUT2D eigenvalue weighted by Gasteiger charge is -2.07. The molecule has 0 radical (unpaired) electrons. The van der Waals surface area contributed by atoms with Gasteiger partial charge in [-0.15, -0.1) is 0 Å². The summed E-state index contributed by atoms with van der Waals surface area (Å²) >= 11 is 4.94. The van der Waals surface area contributed by atoms with E-state index >= 15 is 0 Å². The number of nitrogens with one attached hydrogen (secondary N) is 1. The molecule has 2 heterocycles. The second-order valence-corrected chi connectivity index (χ2v) is 5.22. The fraction of sp³-hybridized carbons (Fsp3) is 0.154. The van der Waals surface area contributed by atoms with Gasteiger partial charge in [-0.25, -0.2) is 9.77 Å². The first kappa shape index (κ1) is 15.3. The Morgan fingerprint density at radius 3 is 2.39 bits per heavy atom. The molecule has 120 valence electrons. The third-order valence-corrected chi connectivity index (χ3v) is 3.61. The molecule has 0 saturated heterocycles. The second kappa shape index (κ2) is 5.23. The van der Waals surface area contributed by atoms with Crippen LogP contribution in [0.3, 0.4) is 0 Å². The Labute approximate surface area is 133 Å². The molecule has 3 rings (SSSR count). The van der Waals surface area contributed by atoms with Crippen LogP contribution in [0.25, 0.3) is 22.8 Å². The predicted octanol–water partition coefficient (Wildman–Crippen LogP) is 2.74. The fourth-order valence-electron chi connectivity index (χ4n) is 2.16. The van der Waals surface area contributed by atoms with Gasteiger partial charge >= 0.3 is 6.18 Å². The topological polar surface area (TPSA) is 77.5 Å². The highest BCUT2D eigenvalue weighted by Crippen LogP contribution is 2.31. The summed E-state index contributed by atoms with van der Waals surface area (Å²) in [6, 6.07) is 6.52. The van der Waals surface area contributed by atoms with Crippen LogP contribution < -0.4 is 5.84 Å². The number of nitrogens with zero attached hydrogens (tertiary/aromatic N) is 4. The zero-order chi connectivity index (χ0) is 16.8. The Hall–Kier alpha value is -2.62. The fourth-order valence-corrected chi connectivity index (χ4v) is 2.29. The molecule has 2 aromatic heterocycles. The molecule has 0 aliphatic carbocycles. The van der Waals surface area contributed by atoms with Crippen molar-refractivity contribution < 1.29 is 13.2 Å². The zero-order valence-corrected chi connectivity index (χ0v) is 12.6. The Balaban J connectivity index is 2.01. The molecule has 0 spiro atoms. The number of aryl methyl sites for hydroxylation is 1. The lowest BCUT2D eigenvalue weighted by molar-refractivity contribution is -0.137. The zero-order valence-electron chi connectivity index (χ0n) is 11.8. The van der Waals surface area contributed by atoms with E-state index in [1.807, 2.05) is 0 Å². The van der Waals surface area contributed by atoms with E-state index in [-0.39, 0.29) is 4.77 Å². The Morgan fingerprint density at radius 2 is 1.87 bits per heavy atom. The summed E-state index contributed by atoms with van der Waals surface area (Å²) in [5.74, 6) is 6.08. The van der Waals surface area contributed by atoms with Gasteiger partial charge in [0.2, 0.25) is 10.6 Å². The summed E-state index contributed by atoms with van der Waals surface area (Å²) in [5, 5.41) is 10.8. The van der Waals surface area contributed by atoms with Gasteiger partial charge in [0.1, 0.15) is 5.69 Å². The molecular weight excluding hydrogens is 329 g/mol. The molecule has 0 unspecified atom stereocenters. The first-order chi connectivity index (χ1) is 10.8. The highest BCUT2D eigenvalue weighted by Gasteiger charge is 2.30. The van der Waals surface area contributed by atoms with Gasteiger partial charge < -0.3 is 5.84 Å². The van der Waals surface area contributed by atoms with Gasteiger partial charge in [0.25, 0.3) is 0 Å². The molecule has 0 aliphatic rings. The van der Waals surface area contributed by atoms with Crippen LogP contribution in [0.15, 0.2) is 30.3 Å². The van der Waals surface area contributed by atoms with E-state index in [0.717, 1.165) is 12.1 Å². The lowest BCUT2D eigenvalue weighted by Crippen LogP contribution is -2.10. The molecule has 0 saturated carbocycles. The molecule has 0 aliphatic heterocycles. The van der Waals surface area contributed by atoms with Crippen LogP contribution in [-0.4, -0.2) is 24.7 Å². The van der Waals surface area contributed by atoms with Crippen molar-refractivity contribution in [2.24, 2.45) is 7.05 Å². The van der Waals surface area contributed by atoms with E-state index in [1.54, 1.807) is 13.1 Å². The Morgan fingerprint density at radius 1 is 1.22 bits per heavy atom. The largest absolute Gasteiger partial charge is 0.416 e. The van der Waals surface area contributed by atoms with Crippen molar-refractivity contribution in [1.82, 2.24) is 24.7 Å². The van der Waals surface area contributed by atoms with E-state index in [0.29, 0.717) is 22.8 Å². The van der Waals surface area contributed by atoms with Gasteiger partial charge in [-0.1, -0.05) is 12.1 Å². The van der Waals surface area contributed by atoms with Crippen LogP contribution in [0.5, 0.6) is 0 Å². The first-order valence-corrected chi connectivity index (χ1v) is 6.83. The van der Waals surface area contributed by atoms with E-state index in [4.69, 9.17) is 18.1 Å². The molecule has 3 N–H and O–H groups in total. The first-order valence-electron chi connectivity index (χ1n) is 6.42. The number of alkyl halides is 3. The molecule has 0 atom stereocenters. The van der Waals surface area contributed by atoms with Crippen molar-refractivity contribution >= 4 is 12.2 Å². The van der Waals surface area contributed by atoms with Crippen LogP contribution in [-0.2, 0) is 13.2 Å². The molecule has 0 fully saturated rings. The van der Waals surface area contributed by atoms with E-state index in [9.17, 15) is 13.2 Å². The highest BCUT2D eigenvalue weighted by molar-refractivity contribution is 7.71. The van der Waals surface area contributed by atoms with Crippen molar-refractivity contribution in [3.8, 4) is 22.8 Å². The van der Waals surface area contributed by atoms with Crippen molar-refractivity contribution in [2.45, 2.75) is 6.18 Å². The number of rotatable bonds is 2. The average Bonchev–Trinajstić information content (AvgIpc) is 3.02. The van der Waals surface area contributed by atoms with Crippen LogP contribution in [0.4, 0.5) is 13.2 Å². The quantitative estimate of drug-likeness (QED) is 0.555. The minimum Gasteiger partial charge on any atom is -0.335 e. The van der Waals surface area contributed by atoms with Crippen molar-refractivity contribution in [1.29, 1.82) is 0 Å². The molecule has 1 aromatic carbocycles. The minimum absolute atomic E-state index is 0.238. The summed E-state index contributed by atoms with van der Waals surface area (Å²) in [7, 11) is 1.68. The van der Waals surface area contributed by atoms with Crippen molar-refractivity contribution in [3.05, 3.63) is 40.7 Å². The van der Waals surface area contributed by atoms with Crippen LogP contribution in [0.1, 0.15) is 5.56 Å². The third kappa shape index (κ3) is 2.72. The van der Waals surface area contributed by atoms with Crippen molar-refractivity contribution in [2.75, 3.05) is 5.84 Å². The molecule has 0 amide bonds. The standard InChI is InChI=1S/C13H11F3N6S/c1-21-10(7-2-4-8(5-3-7)13(14,15)16)6-9(20-21)11-18-19-12(23)22(11)17/h2-6H,17H2,1H3,(H,19,23). The maximum atomic E-state index is 12.6. The lowest BCUT2D eigenvalue weighted by atomic mass is 10.1. The Bertz CT molecular complexity index is 903. The van der Waals surface area contributed by atoms with Gasteiger partial charge in [0.05, 0.1) is 11.3 Å². The number of halogens is 3. The molecule has 3 aromatic rings. The minimum atomic E-state index is -4.36. The molecular formula is C13H11F3N6S. The third-order valence-electron chi connectivity index (χ3n) is 3.32. The smallest absolute Gasteiger partial charge is 0.335 e. The number of hydrogen-bond acceptors (Lipinski definition) is 4. The maximum Gasteiger partial charge on any atom is 0.416 e. The molecule has 0 bridgehead atoms. The summed E-state index contributed by atoms with van der Waals surface area (Å²) < 4.78 is 40.8. The number of benzene rings is 1. The summed E-state index contributed by atoms with van der Waals surface area (Å²) in [5.41, 5.74) is 0.975. The van der Waals surface area contributed by atoms with Gasteiger partial charge in [-0.3, -0.25) is 4.68 Å². The number of aromatic nitrogens is 5. The SMILES string of the molecule is Cn1nc(-c2n[nH]c(=S)n2N)cc1-c1ccc(C(F)(F)F)cc1. The number of H-pyrrole nitrogens is 1. The van der Waals surface area contributed by atoms with Gasteiger partial charge in [0, 0.05) is 7.05 Å². The second-order valence-electron chi connectivity index (χ2n) is 4.84. The van der Waals surface area contributed by atoms with Crippen LogP contribution in [0.2, 0.25) is 0 Å². The summed E-state index contributed by atoms with van der Waals surface area (Å²) in [6.45, 7) is 0. The van der Waals surface area contributed by atoms with Gasteiger partial charge in [-0.05, 0) is 36.0 Å². The summed E-state index contributed by atoms with van der Waals surface area (Å²) in [6.07, 6.45) is -4.36. The summed E-state index contributed by atoms with van der Waals surface area (Å²) in [4.78, 5) is 0. The normalized spacial score (nSPS) is 11.8. The van der Waals surface area contributed by atoms with E-state index in [1.165, 1.54) is 21.5 Å². The van der Waals surface area contributed by atoms with Gasteiger partial charge in [-0.2, -0.15) is 23.4 Å². The maximum absolute atomic E-state index is 12.6. The monoisotopic (exact) mass is 340 g/mol. The molecule has 6 nitrogen and oxygen atoms in total. The number of hydrogen-bond donors (Lipinski definition) is 2. The highest BCUT2D eigenvalue weighted by atomic mass is 32.1. The van der Waals surface area contributed by atoms with E-state index < -0.39 is 11.7 Å². The number of nitrogen functional groups attached to an aromatic ring is 1. The molecule has 10 heteroatoms. The van der Waals surface area contributed by atoms with Crippen LogP contribution >= 0.6 is 12.2 Å². The molecule has 23 heavy (non-hydrogen) atoms. The number of nitrogens with two attached hydrogens (primary N) is 1.